The van der Waals surface area contributed by atoms with Crippen molar-refractivity contribution in [3.05, 3.63) is 0 Å². The summed E-state index contributed by atoms with van der Waals surface area (Å²) >= 11 is 0. The molecule has 3 N–H and O–H groups in total. The van der Waals surface area contributed by atoms with E-state index in [-0.39, 0.29) is 17.9 Å². The Bertz CT molecular complexity index is 286. The third-order valence-electron chi connectivity index (χ3n) is 3.80. The van der Waals surface area contributed by atoms with Crippen molar-refractivity contribution in [1.82, 2.24) is 4.90 Å². The van der Waals surface area contributed by atoms with E-state index in [2.05, 4.69) is 6.92 Å². The van der Waals surface area contributed by atoms with E-state index in [9.17, 15) is 9.90 Å². The fraction of sp³-hybridized carbons (Fsp3) is 0.929. The number of likely N-dealkylation sites (N-methyl/N-ethyl adjacent to an activating group) is 1. The maximum absolute atomic E-state index is 12.5. The zero-order valence-electron chi connectivity index (χ0n) is 12.1. The molecule has 0 aromatic heterocycles. The van der Waals surface area contributed by atoms with Crippen molar-refractivity contribution in [3.63, 3.8) is 0 Å². The fourth-order valence-corrected chi connectivity index (χ4v) is 2.85. The number of carbonyl (C=O) groups excluding carboxylic acids is 1. The topological polar surface area (TPSA) is 66.6 Å². The Labute approximate surface area is 111 Å². The molecule has 1 fully saturated rings. The van der Waals surface area contributed by atoms with Crippen LogP contribution in [0.5, 0.6) is 0 Å². The first-order valence-electron chi connectivity index (χ1n) is 7.01. The number of aliphatic hydroxyl groups is 1. The largest absolute Gasteiger partial charge is 0.389 e. The Morgan fingerprint density at radius 1 is 1.44 bits per heavy atom. The molecule has 0 saturated heterocycles. The highest BCUT2D eigenvalue weighted by Crippen LogP contribution is 2.30. The molecule has 0 aliphatic heterocycles. The Morgan fingerprint density at radius 3 is 2.50 bits per heavy atom. The molecule has 1 amide bonds. The second-order valence-electron chi connectivity index (χ2n) is 6.32. The lowest BCUT2D eigenvalue weighted by Gasteiger charge is -2.36. The SMILES string of the molecule is CCN(CC(C)(C)O)C(=O)C1CCC(N)CC1C. The third-order valence-corrected chi connectivity index (χ3v) is 3.80. The Hall–Kier alpha value is -0.610. The molecular weight excluding hydrogens is 228 g/mol. The van der Waals surface area contributed by atoms with Gasteiger partial charge >= 0.3 is 0 Å². The van der Waals surface area contributed by atoms with Gasteiger partial charge in [0.05, 0.1) is 5.60 Å². The van der Waals surface area contributed by atoms with Crippen molar-refractivity contribution >= 4 is 5.91 Å². The molecule has 1 aliphatic carbocycles. The van der Waals surface area contributed by atoms with Crippen LogP contribution in [0.1, 0.15) is 47.0 Å². The molecule has 106 valence electrons. The van der Waals surface area contributed by atoms with Gasteiger partial charge < -0.3 is 15.7 Å². The minimum Gasteiger partial charge on any atom is -0.389 e. The van der Waals surface area contributed by atoms with Crippen LogP contribution in [0.3, 0.4) is 0 Å². The van der Waals surface area contributed by atoms with E-state index in [1.807, 2.05) is 6.92 Å². The highest BCUT2D eigenvalue weighted by Gasteiger charge is 2.34. The molecule has 3 unspecified atom stereocenters. The van der Waals surface area contributed by atoms with Crippen molar-refractivity contribution in [1.29, 1.82) is 0 Å². The highest BCUT2D eigenvalue weighted by molar-refractivity contribution is 5.79. The predicted octanol–water partition coefficient (Wildman–Crippen LogP) is 1.37. The lowest BCUT2D eigenvalue weighted by atomic mass is 9.77. The lowest BCUT2D eigenvalue weighted by Crippen LogP contribution is -2.47. The molecule has 0 heterocycles. The van der Waals surface area contributed by atoms with Crippen LogP contribution >= 0.6 is 0 Å². The minimum atomic E-state index is -0.833. The molecule has 4 heteroatoms. The first-order chi connectivity index (χ1) is 8.24. The van der Waals surface area contributed by atoms with Gasteiger partial charge in [-0.15, -0.1) is 0 Å². The van der Waals surface area contributed by atoms with Gasteiger partial charge in [0.1, 0.15) is 0 Å². The Morgan fingerprint density at radius 2 is 2.06 bits per heavy atom. The molecule has 0 aromatic carbocycles. The first-order valence-corrected chi connectivity index (χ1v) is 7.01. The maximum Gasteiger partial charge on any atom is 0.226 e. The monoisotopic (exact) mass is 256 g/mol. The minimum absolute atomic E-state index is 0.0760. The average molecular weight is 256 g/mol. The standard InChI is InChI=1S/C14H28N2O2/c1-5-16(9-14(3,4)18)13(17)12-7-6-11(15)8-10(12)2/h10-12,18H,5-9,15H2,1-4H3. The summed E-state index contributed by atoms with van der Waals surface area (Å²) in [7, 11) is 0. The molecule has 1 rings (SSSR count). The fourth-order valence-electron chi connectivity index (χ4n) is 2.85. The molecule has 0 bridgehead atoms. The van der Waals surface area contributed by atoms with Gasteiger partial charge in [0.2, 0.25) is 5.91 Å². The van der Waals surface area contributed by atoms with Gasteiger partial charge in [-0.1, -0.05) is 6.92 Å². The predicted molar refractivity (Wildman–Crippen MR) is 73.0 cm³/mol. The highest BCUT2D eigenvalue weighted by atomic mass is 16.3. The molecule has 0 radical (unpaired) electrons. The third kappa shape index (κ3) is 4.25. The van der Waals surface area contributed by atoms with E-state index in [0.717, 1.165) is 19.3 Å². The van der Waals surface area contributed by atoms with Gasteiger partial charge in [0.25, 0.3) is 0 Å². The van der Waals surface area contributed by atoms with Crippen molar-refractivity contribution in [2.75, 3.05) is 13.1 Å². The van der Waals surface area contributed by atoms with Gasteiger partial charge in [-0.2, -0.15) is 0 Å². The number of hydrogen-bond donors (Lipinski definition) is 2. The summed E-state index contributed by atoms with van der Waals surface area (Å²) < 4.78 is 0. The second kappa shape index (κ2) is 6.02. The van der Waals surface area contributed by atoms with Crippen LogP contribution in [0.2, 0.25) is 0 Å². The number of carbonyl (C=O) groups is 1. The van der Waals surface area contributed by atoms with Crippen LogP contribution in [0.25, 0.3) is 0 Å². The summed E-state index contributed by atoms with van der Waals surface area (Å²) in [5.41, 5.74) is 5.10. The van der Waals surface area contributed by atoms with Gasteiger partial charge in [-0.3, -0.25) is 4.79 Å². The quantitative estimate of drug-likeness (QED) is 0.798. The van der Waals surface area contributed by atoms with Gasteiger partial charge in [-0.25, -0.2) is 0 Å². The van der Waals surface area contributed by atoms with E-state index in [1.165, 1.54) is 0 Å². The van der Waals surface area contributed by atoms with E-state index < -0.39 is 5.60 Å². The van der Waals surface area contributed by atoms with Crippen LogP contribution in [0.4, 0.5) is 0 Å². The number of nitrogens with two attached hydrogens (primary N) is 1. The molecule has 1 aliphatic rings. The van der Waals surface area contributed by atoms with Gasteiger partial charge in [-0.05, 0) is 46.0 Å². The Kier molecular flexibility index (Phi) is 5.17. The summed E-state index contributed by atoms with van der Waals surface area (Å²) in [6.07, 6.45) is 2.74. The summed E-state index contributed by atoms with van der Waals surface area (Å²) in [6.45, 7) is 8.60. The molecular formula is C14H28N2O2. The zero-order chi connectivity index (χ0) is 13.9. The Balaban J connectivity index is 2.66. The molecule has 4 nitrogen and oxygen atoms in total. The summed E-state index contributed by atoms with van der Waals surface area (Å²) in [5.74, 6) is 0.600. The molecule has 0 aromatic rings. The smallest absolute Gasteiger partial charge is 0.226 e. The van der Waals surface area contributed by atoms with Crippen LogP contribution in [0, 0.1) is 11.8 Å². The van der Waals surface area contributed by atoms with E-state index in [0.29, 0.717) is 19.0 Å². The average Bonchev–Trinajstić information content (AvgIpc) is 2.24. The van der Waals surface area contributed by atoms with E-state index in [1.54, 1.807) is 18.7 Å². The first kappa shape index (κ1) is 15.4. The van der Waals surface area contributed by atoms with Crippen LogP contribution in [-0.2, 0) is 4.79 Å². The van der Waals surface area contributed by atoms with Crippen LogP contribution in [0.15, 0.2) is 0 Å². The molecule has 0 spiro atoms. The zero-order valence-corrected chi connectivity index (χ0v) is 12.1. The number of rotatable bonds is 4. The number of hydrogen-bond acceptors (Lipinski definition) is 3. The lowest BCUT2D eigenvalue weighted by molar-refractivity contribution is -0.141. The summed E-state index contributed by atoms with van der Waals surface area (Å²) in [5, 5.41) is 9.86. The molecule has 1 saturated carbocycles. The van der Waals surface area contributed by atoms with Crippen molar-refractivity contribution in [3.8, 4) is 0 Å². The summed E-state index contributed by atoms with van der Waals surface area (Å²) in [6, 6.07) is 0.244. The summed E-state index contributed by atoms with van der Waals surface area (Å²) in [4.78, 5) is 14.3. The molecule has 18 heavy (non-hydrogen) atoms. The second-order valence-corrected chi connectivity index (χ2v) is 6.32. The van der Waals surface area contributed by atoms with Crippen molar-refractivity contribution in [2.24, 2.45) is 17.6 Å². The van der Waals surface area contributed by atoms with Crippen molar-refractivity contribution in [2.45, 2.75) is 58.6 Å². The molecule has 3 atom stereocenters. The number of amides is 1. The van der Waals surface area contributed by atoms with Crippen LogP contribution in [-0.4, -0.2) is 40.6 Å². The maximum atomic E-state index is 12.5. The van der Waals surface area contributed by atoms with Crippen LogP contribution < -0.4 is 5.73 Å². The van der Waals surface area contributed by atoms with Gasteiger partial charge in [0, 0.05) is 25.0 Å². The van der Waals surface area contributed by atoms with Gasteiger partial charge in [0.15, 0.2) is 0 Å². The van der Waals surface area contributed by atoms with Crippen molar-refractivity contribution < 1.29 is 9.90 Å². The number of nitrogens with zero attached hydrogens (tertiary/aromatic N) is 1. The van der Waals surface area contributed by atoms with E-state index >= 15 is 0 Å². The normalized spacial score (nSPS) is 29.1. The van der Waals surface area contributed by atoms with E-state index in [4.69, 9.17) is 5.73 Å².